The van der Waals surface area contributed by atoms with E-state index >= 15 is 0 Å². The zero-order chi connectivity index (χ0) is 6.69. The third kappa shape index (κ3) is 2.45. The Morgan fingerprint density at radius 2 is 1.56 bits per heavy atom. The van der Waals surface area contributed by atoms with E-state index in [1.165, 1.54) is 32.1 Å². The minimum atomic E-state index is -0.452. The maximum Gasteiger partial charge on any atom is 0.0169 e. The van der Waals surface area contributed by atoms with Crippen LogP contribution >= 0.6 is 5.47 Å². The standard InChI is InChI=1S/C6H11PS2/c8-7(9)6-4-2-1-3-5-6/h6H,1-5H2. The topological polar surface area (TPSA) is 0 Å². The van der Waals surface area contributed by atoms with Crippen molar-refractivity contribution < 1.29 is 0 Å². The third-order valence-corrected chi connectivity index (χ3v) is 4.77. The van der Waals surface area contributed by atoms with Crippen LogP contribution in [0.3, 0.4) is 0 Å². The van der Waals surface area contributed by atoms with Gasteiger partial charge < -0.3 is 0 Å². The van der Waals surface area contributed by atoms with Crippen LogP contribution in [0, 0.1) is 0 Å². The molecule has 0 saturated heterocycles. The van der Waals surface area contributed by atoms with E-state index in [1.807, 2.05) is 0 Å². The lowest BCUT2D eigenvalue weighted by Gasteiger charge is -2.16. The Morgan fingerprint density at radius 1 is 1.00 bits per heavy atom. The molecule has 1 saturated carbocycles. The van der Waals surface area contributed by atoms with Crippen LogP contribution in [0.4, 0.5) is 0 Å². The summed E-state index contributed by atoms with van der Waals surface area (Å²) in [5.74, 6) is 0. The molecular formula is C6H11PS2. The molecule has 3 heteroatoms. The number of hydrogen-bond acceptors (Lipinski definition) is 2. The quantitative estimate of drug-likeness (QED) is 0.566. The van der Waals surface area contributed by atoms with Crippen LogP contribution in [-0.4, -0.2) is 5.66 Å². The van der Waals surface area contributed by atoms with Gasteiger partial charge in [0.25, 0.3) is 0 Å². The number of hydrogen-bond donors (Lipinski definition) is 0. The first-order valence-electron chi connectivity index (χ1n) is 3.44. The van der Waals surface area contributed by atoms with Crippen molar-refractivity contribution in [1.82, 2.24) is 0 Å². The molecular weight excluding hydrogens is 167 g/mol. The molecule has 0 spiro atoms. The zero-order valence-corrected chi connectivity index (χ0v) is 7.90. The summed E-state index contributed by atoms with van der Waals surface area (Å²) in [4.78, 5) is 0. The van der Waals surface area contributed by atoms with Gasteiger partial charge in [-0.3, -0.25) is 0 Å². The molecule has 52 valence electrons. The maximum atomic E-state index is 5.08. The molecule has 1 rings (SSSR count). The van der Waals surface area contributed by atoms with E-state index in [-0.39, 0.29) is 0 Å². The molecule has 0 aromatic heterocycles. The highest BCUT2D eigenvalue weighted by Gasteiger charge is 2.12. The second kappa shape index (κ2) is 3.80. The molecule has 0 nitrogen and oxygen atoms in total. The lowest BCUT2D eigenvalue weighted by atomic mass is 10.0. The van der Waals surface area contributed by atoms with Gasteiger partial charge in [-0.05, 0) is 12.8 Å². The van der Waals surface area contributed by atoms with Gasteiger partial charge in [-0.1, -0.05) is 42.9 Å². The van der Waals surface area contributed by atoms with Gasteiger partial charge in [-0.15, -0.1) is 0 Å². The first-order valence-corrected chi connectivity index (χ1v) is 6.88. The fourth-order valence-electron chi connectivity index (χ4n) is 1.29. The molecule has 0 aliphatic heterocycles. The van der Waals surface area contributed by atoms with Crippen molar-refractivity contribution in [2.45, 2.75) is 37.8 Å². The Balaban J connectivity index is 2.40. The predicted molar refractivity (Wildman–Crippen MR) is 48.5 cm³/mol. The largest absolute Gasteiger partial charge is 0.0532 e. The van der Waals surface area contributed by atoms with E-state index in [4.69, 9.17) is 23.6 Å². The van der Waals surface area contributed by atoms with Crippen molar-refractivity contribution >= 4 is 29.1 Å². The molecule has 1 aliphatic carbocycles. The second-order valence-electron chi connectivity index (χ2n) is 2.58. The number of rotatable bonds is 1. The van der Waals surface area contributed by atoms with Crippen molar-refractivity contribution in [3.63, 3.8) is 0 Å². The molecule has 9 heavy (non-hydrogen) atoms. The molecule has 0 aromatic rings. The summed E-state index contributed by atoms with van der Waals surface area (Å²) in [6.07, 6.45) is 6.79. The molecule has 0 bridgehead atoms. The van der Waals surface area contributed by atoms with Gasteiger partial charge in [0.05, 0.1) is 0 Å². The van der Waals surface area contributed by atoms with E-state index in [0.29, 0.717) is 0 Å². The van der Waals surface area contributed by atoms with Crippen molar-refractivity contribution in [3.05, 3.63) is 0 Å². The first kappa shape index (κ1) is 7.84. The van der Waals surface area contributed by atoms with Crippen LogP contribution < -0.4 is 0 Å². The third-order valence-electron chi connectivity index (χ3n) is 1.87. The van der Waals surface area contributed by atoms with Crippen LogP contribution in [0.15, 0.2) is 0 Å². The lowest BCUT2D eigenvalue weighted by molar-refractivity contribution is 0.515. The highest BCUT2D eigenvalue weighted by atomic mass is 32.7. The fourth-order valence-corrected chi connectivity index (χ4v) is 3.34. The van der Waals surface area contributed by atoms with Crippen LogP contribution in [-0.2, 0) is 23.6 Å². The highest BCUT2D eigenvalue weighted by Crippen LogP contribution is 2.30. The maximum absolute atomic E-state index is 5.08. The van der Waals surface area contributed by atoms with Crippen molar-refractivity contribution in [3.8, 4) is 0 Å². The summed E-state index contributed by atoms with van der Waals surface area (Å²) < 4.78 is 0. The summed E-state index contributed by atoms with van der Waals surface area (Å²) >= 11 is 10.2. The van der Waals surface area contributed by atoms with Gasteiger partial charge in [-0.2, -0.15) is 0 Å². The van der Waals surface area contributed by atoms with Crippen LogP contribution in [0.25, 0.3) is 0 Å². The minimum Gasteiger partial charge on any atom is -0.0532 e. The van der Waals surface area contributed by atoms with Gasteiger partial charge in [0.2, 0.25) is 0 Å². The molecule has 0 unspecified atom stereocenters. The van der Waals surface area contributed by atoms with Crippen LogP contribution in [0.5, 0.6) is 0 Å². The van der Waals surface area contributed by atoms with Crippen molar-refractivity contribution in [2.75, 3.05) is 0 Å². The minimum absolute atomic E-state index is 0.452. The van der Waals surface area contributed by atoms with E-state index in [9.17, 15) is 0 Å². The predicted octanol–water partition coefficient (Wildman–Crippen LogP) is 2.72. The van der Waals surface area contributed by atoms with Crippen molar-refractivity contribution in [1.29, 1.82) is 0 Å². The highest BCUT2D eigenvalue weighted by molar-refractivity contribution is 8.25. The lowest BCUT2D eigenvalue weighted by Crippen LogP contribution is -2.04. The Bertz CT molecular complexity index is 137. The van der Waals surface area contributed by atoms with Crippen molar-refractivity contribution in [2.24, 2.45) is 0 Å². The Labute approximate surface area is 67.1 Å². The van der Waals surface area contributed by atoms with Gasteiger partial charge in [0.1, 0.15) is 0 Å². The van der Waals surface area contributed by atoms with E-state index in [0.717, 1.165) is 5.66 Å². The van der Waals surface area contributed by atoms with Gasteiger partial charge in [0, 0.05) is 11.1 Å². The summed E-state index contributed by atoms with van der Waals surface area (Å²) in [5, 5.41) is 0. The molecule has 0 atom stereocenters. The Hall–Kier alpha value is 0.740. The van der Waals surface area contributed by atoms with E-state index in [2.05, 4.69) is 0 Å². The van der Waals surface area contributed by atoms with E-state index < -0.39 is 5.47 Å². The Morgan fingerprint density at radius 3 is 1.89 bits per heavy atom. The van der Waals surface area contributed by atoms with Gasteiger partial charge >= 0.3 is 0 Å². The molecule has 0 N–H and O–H groups in total. The average Bonchev–Trinajstić information content (AvgIpc) is 1.90. The molecule has 0 radical (unpaired) electrons. The summed E-state index contributed by atoms with van der Waals surface area (Å²) in [6, 6.07) is 0. The summed E-state index contributed by atoms with van der Waals surface area (Å²) in [7, 11) is 0. The SMILES string of the molecule is S=P(=S)C1CCCCC1. The van der Waals surface area contributed by atoms with E-state index in [1.54, 1.807) is 0 Å². The molecule has 1 fully saturated rings. The van der Waals surface area contributed by atoms with Crippen LogP contribution in [0.1, 0.15) is 32.1 Å². The Kier molecular flexibility index (Phi) is 3.31. The molecule has 0 heterocycles. The smallest absolute Gasteiger partial charge is 0.0169 e. The normalized spacial score (nSPS) is 21.8. The molecule has 1 aliphatic rings. The first-order chi connectivity index (χ1) is 4.30. The zero-order valence-electron chi connectivity index (χ0n) is 5.38. The second-order valence-corrected chi connectivity index (χ2v) is 6.93. The average molecular weight is 178 g/mol. The summed E-state index contributed by atoms with van der Waals surface area (Å²) in [6.45, 7) is 0. The monoisotopic (exact) mass is 178 g/mol. The molecule has 0 amide bonds. The summed E-state index contributed by atoms with van der Waals surface area (Å²) in [5.41, 5.74) is 0.297. The van der Waals surface area contributed by atoms with Gasteiger partial charge in [-0.25, -0.2) is 0 Å². The van der Waals surface area contributed by atoms with Crippen LogP contribution in [0.2, 0.25) is 0 Å². The fraction of sp³-hybridized carbons (Fsp3) is 1.00. The molecule has 0 aromatic carbocycles. The van der Waals surface area contributed by atoms with Gasteiger partial charge in [0.15, 0.2) is 0 Å².